The van der Waals surface area contributed by atoms with Gasteiger partial charge < -0.3 is 10.2 Å². The minimum atomic E-state index is -1.03. The van der Waals surface area contributed by atoms with Crippen LogP contribution in [0.1, 0.15) is 61.1 Å². The van der Waals surface area contributed by atoms with Crippen LogP contribution in [-0.2, 0) is 9.59 Å². The number of likely N-dealkylation sites (tertiary alicyclic amines) is 1. The molecular formula is C27H30Cl2N2O2. The molecule has 1 N–H and O–H groups in total. The number of aryl methyl sites for hydroxylation is 1. The van der Waals surface area contributed by atoms with Crippen LogP contribution in [0.3, 0.4) is 0 Å². The van der Waals surface area contributed by atoms with Gasteiger partial charge in [0, 0.05) is 35.1 Å². The van der Waals surface area contributed by atoms with Crippen LogP contribution in [-0.4, -0.2) is 35.8 Å². The molecule has 1 saturated carbocycles. The molecule has 2 aliphatic heterocycles. The summed E-state index contributed by atoms with van der Waals surface area (Å²) in [5.74, 6) is -0.172. The summed E-state index contributed by atoms with van der Waals surface area (Å²) in [6.07, 6.45) is 3.28. The summed E-state index contributed by atoms with van der Waals surface area (Å²) < 4.78 is 0. The van der Waals surface area contributed by atoms with Crippen LogP contribution < -0.4 is 5.32 Å². The zero-order valence-electron chi connectivity index (χ0n) is 19.1. The monoisotopic (exact) mass is 484 g/mol. The fourth-order valence-corrected chi connectivity index (χ4v) is 7.17. The first-order chi connectivity index (χ1) is 15.8. The first-order valence-electron chi connectivity index (χ1n) is 11.9. The zero-order chi connectivity index (χ0) is 23.3. The van der Waals surface area contributed by atoms with Crippen molar-refractivity contribution in [3.8, 4) is 0 Å². The molecule has 1 aliphatic carbocycles. The quantitative estimate of drug-likeness (QED) is 0.567. The number of hydrogen-bond donors (Lipinski definition) is 1. The minimum absolute atomic E-state index is 0.0132. The van der Waals surface area contributed by atoms with Gasteiger partial charge in [0.25, 0.3) is 0 Å². The van der Waals surface area contributed by atoms with Crippen molar-refractivity contribution in [1.82, 2.24) is 10.2 Å². The molecular weight excluding hydrogens is 455 g/mol. The van der Waals surface area contributed by atoms with E-state index >= 15 is 0 Å². The Morgan fingerprint density at radius 1 is 1.09 bits per heavy atom. The van der Waals surface area contributed by atoms with Crippen molar-refractivity contribution in [1.29, 1.82) is 0 Å². The second-order valence-corrected chi connectivity index (χ2v) is 10.8. The van der Waals surface area contributed by atoms with E-state index < -0.39 is 5.41 Å². The van der Waals surface area contributed by atoms with E-state index in [4.69, 9.17) is 23.2 Å². The van der Waals surface area contributed by atoms with Crippen molar-refractivity contribution in [3.05, 3.63) is 69.2 Å². The van der Waals surface area contributed by atoms with E-state index in [-0.39, 0.29) is 35.6 Å². The lowest BCUT2D eigenvalue weighted by molar-refractivity contribution is -0.153. The lowest BCUT2D eigenvalue weighted by Gasteiger charge is -2.47. The molecule has 5 rings (SSSR count). The van der Waals surface area contributed by atoms with Crippen molar-refractivity contribution in [3.63, 3.8) is 0 Å². The average Bonchev–Trinajstić information content (AvgIpc) is 3.41. The third kappa shape index (κ3) is 3.66. The van der Waals surface area contributed by atoms with Crippen LogP contribution in [0, 0.1) is 18.3 Å². The van der Waals surface area contributed by atoms with Gasteiger partial charge >= 0.3 is 0 Å². The van der Waals surface area contributed by atoms with Gasteiger partial charge in [0.1, 0.15) is 5.41 Å². The number of nitrogens with one attached hydrogen (secondary N) is 1. The van der Waals surface area contributed by atoms with E-state index in [0.29, 0.717) is 11.4 Å². The molecule has 5 atom stereocenters. The second kappa shape index (κ2) is 8.63. The Kier molecular flexibility index (Phi) is 5.95. The van der Waals surface area contributed by atoms with Crippen LogP contribution in [0.4, 0.5) is 0 Å². The molecule has 2 heterocycles. The van der Waals surface area contributed by atoms with Crippen molar-refractivity contribution < 1.29 is 9.59 Å². The van der Waals surface area contributed by atoms with Crippen LogP contribution in [0.15, 0.2) is 42.5 Å². The SMILES string of the molecule is Cc1ccc([C@@H]2CC[C@@]3(C(=O)N4CCCC4)C(=O)N[C@H](C)[C@H]3[C@H]2c2ccc(Cl)cc2)c(Cl)c1. The molecule has 3 fully saturated rings. The van der Waals surface area contributed by atoms with E-state index in [1.54, 1.807) is 0 Å². The van der Waals surface area contributed by atoms with E-state index in [9.17, 15) is 9.59 Å². The molecule has 3 aliphatic rings. The van der Waals surface area contributed by atoms with Crippen LogP contribution in [0.5, 0.6) is 0 Å². The fourth-order valence-electron chi connectivity index (χ4n) is 6.67. The Bertz CT molecular complexity index is 1080. The number of carbonyl (C=O) groups is 2. The molecule has 0 radical (unpaired) electrons. The Balaban J connectivity index is 1.66. The summed E-state index contributed by atoms with van der Waals surface area (Å²) in [6, 6.07) is 14.0. The summed E-state index contributed by atoms with van der Waals surface area (Å²) in [6.45, 7) is 5.57. The molecule has 4 nitrogen and oxygen atoms in total. The Morgan fingerprint density at radius 2 is 1.79 bits per heavy atom. The number of nitrogens with zero attached hydrogens (tertiary/aromatic N) is 1. The number of carbonyl (C=O) groups excluding carboxylic acids is 2. The maximum Gasteiger partial charge on any atom is 0.238 e. The highest BCUT2D eigenvalue weighted by Gasteiger charge is 2.65. The van der Waals surface area contributed by atoms with Gasteiger partial charge in [-0.25, -0.2) is 0 Å². The van der Waals surface area contributed by atoms with Gasteiger partial charge in [0.05, 0.1) is 0 Å². The van der Waals surface area contributed by atoms with Crippen molar-refractivity contribution >= 4 is 35.0 Å². The molecule has 2 saturated heterocycles. The van der Waals surface area contributed by atoms with E-state index in [1.807, 2.05) is 49.1 Å². The van der Waals surface area contributed by atoms with E-state index in [1.165, 1.54) is 0 Å². The Hall–Kier alpha value is -2.04. The van der Waals surface area contributed by atoms with Gasteiger partial charge in [0.2, 0.25) is 11.8 Å². The predicted molar refractivity (Wildman–Crippen MR) is 132 cm³/mol. The predicted octanol–water partition coefficient (Wildman–Crippen LogP) is 5.71. The molecule has 2 amide bonds. The first-order valence-corrected chi connectivity index (χ1v) is 12.7. The van der Waals surface area contributed by atoms with Crippen LogP contribution in [0.25, 0.3) is 0 Å². The van der Waals surface area contributed by atoms with Gasteiger partial charge in [0.15, 0.2) is 0 Å². The molecule has 0 spiro atoms. The largest absolute Gasteiger partial charge is 0.352 e. The maximum absolute atomic E-state index is 14.0. The second-order valence-electron chi connectivity index (χ2n) is 10.0. The zero-order valence-corrected chi connectivity index (χ0v) is 20.6. The van der Waals surface area contributed by atoms with Crippen molar-refractivity contribution in [2.24, 2.45) is 11.3 Å². The maximum atomic E-state index is 14.0. The standard InChI is InChI=1S/C27H30Cl2N2O2/c1-16-5-10-20(22(29)15-16)21-11-12-27(26(33)31-13-3-4-14-31)24(17(2)30-25(27)32)23(21)18-6-8-19(28)9-7-18/h5-10,15,17,21,23-24H,3-4,11-14H2,1-2H3,(H,30,32)/t17-,21+,23+,24+,27+/m1/s1. The van der Waals surface area contributed by atoms with E-state index in [0.717, 1.165) is 54.1 Å². The smallest absolute Gasteiger partial charge is 0.238 e. The fraction of sp³-hybridized carbons (Fsp3) is 0.481. The molecule has 33 heavy (non-hydrogen) atoms. The molecule has 0 aromatic heterocycles. The number of benzene rings is 2. The molecule has 6 heteroatoms. The van der Waals surface area contributed by atoms with Crippen LogP contribution in [0.2, 0.25) is 10.0 Å². The Morgan fingerprint density at radius 3 is 2.45 bits per heavy atom. The molecule has 2 aromatic rings. The highest BCUT2D eigenvalue weighted by Crippen LogP contribution is 2.60. The lowest BCUT2D eigenvalue weighted by atomic mass is 9.54. The van der Waals surface area contributed by atoms with Crippen molar-refractivity contribution in [2.75, 3.05) is 13.1 Å². The van der Waals surface area contributed by atoms with Gasteiger partial charge in [-0.05, 0) is 86.3 Å². The van der Waals surface area contributed by atoms with E-state index in [2.05, 4.69) is 17.4 Å². The number of amides is 2. The van der Waals surface area contributed by atoms with Crippen molar-refractivity contribution in [2.45, 2.75) is 57.4 Å². The molecule has 174 valence electrons. The topological polar surface area (TPSA) is 49.4 Å². The van der Waals surface area contributed by atoms with Gasteiger partial charge in [-0.3, -0.25) is 9.59 Å². The number of rotatable bonds is 3. The summed E-state index contributed by atoms with van der Waals surface area (Å²) in [7, 11) is 0. The summed E-state index contributed by atoms with van der Waals surface area (Å²) in [5.41, 5.74) is 2.29. The minimum Gasteiger partial charge on any atom is -0.352 e. The summed E-state index contributed by atoms with van der Waals surface area (Å²) in [4.78, 5) is 29.4. The number of halogens is 2. The normalized spacial score (nSPS) is 31.4. The van der Waals surface area contributed by atoms with Crippen LogP contribution >= 0.6 is 23.2 Å². The third-order valence-electron chi connectivity index (χ3n) is 8.13. The average molecular weight is 485 g/mol. The third-order valence-corrected chi connectivity index (χ3v) is 8.71. The Labute approximate surface area is 205 Å². The van der Waals surface area contributed by atoms with Gasteiger partial charge in [-0.2, -0.15) is 0 Å². The first kappa shape index (κ1) is 22.7. The number of hydrogen-bond acceptors (Lipinski definition) is 2. The highest BCUT2D eigenvalue weighted by atomic mass is 35.5. The van der Waals surface area contributed by atoms with Gasteiger partial charge in [-0.1, -0.05) is 47.5 Å². The van der Waals surface area contributed by atoms with Gasteiger partial charge in [-0.15, -0.1) is 0 Å². The lowest BCUT2D eigenvalue weighted by Crippen LogP contribution is -2.54. The molecule has 0 unspecified atom stereocenters. The molecule has 0 bridgehead atoms. The molecule has 2 aromatic carbocycles. The summed E-state index contributed by atoms with van der Waals surface area (Å²) >= 11 is 13.0. The highest BCUT2D eigenvalue weighted by molar-refractivity contribution is 6.31. The number of fused-ring (bicyclic) bond motifs is 1. The summed E-state index contributed by atoms with van der Waals surface area (Å²) in [5, 5.41) is 4.59.